The molecule has 0 aliphatic carbocycles. The van der Waals surface area contributed by atoms with Gasteiger partial charge in [-0.2, -0.15) is 0 Å². The van der Waals surface area contributed by atoms with Gasteiger partial charge in [-0.15, -0.1) is 0 Å². The first kappa shape index (κ1) is 25.1. The van der Waals surface area contributed by atoms with Crippen molar-refractivity contribution >= 4 is 34.4 Å². The Hall–Kier alpha value is -3.04. The van der Waals surface area contributed by atoms with Crippen molar-refractivity contribution in [2.75, 3.05) is 57.0 Å². The number of carbonyl (C=O) groups is 1. The van der Waals surface area contributed by atoms with Crippen LogP contribution in [0.3, 0.4) is 0 Å². The van der Waals surface area contributed by atoms with Gasteiger partial charge in [0.05, 0.1) is 23.9 Å². The molecule has 9 heteroatoms. The SMILES string of the molecule is CCn1c(=O)c(SCC(=O)NCCCN2CCN(c3ccc(OC)cc3)CC2)nc2ccccc21. The van der Waals surface area contributed by atoms with Crippen LogP contribution in [0.15, 0.2) is 58.4 Å². The van der Waals surface area contributed by atoms with Crippen LogP contribution < -0.4 is 20.5 Å². The van der Waals surface area contributed by atoms with Gasteiger partial charge in [0.25, 0.3) is 5.56 Å². The molecule has 1 amide bonds. The molecule has 2 aromatic carbocycles. The molecule has 0 spiro atoms. The molecule has 0 atom stereocenters. The lowest BCUT2D eigenvalue weighted by Crippen LogP contribution is -2.47. The number of amides is 1. The largest absolute Gasteiger partial charge is 0.497 e. The molecule has 35 heavy (non-hydrogen) atoms. The predicted molar refractivity (Wildman–Crippen MR) is 142 cm³/mol. The first-order valence-corrected chi connectivity index (χ1v) is 13.1. The van der Waals surface area contributed by atoms with E-state index in [4.69, 9.17) is 4.74 Å². The molecular weight excluding hydrogens is 462 g/mol. The quantitative estimate of drug-likeness (QED) is 0.342. The Labute approximate surface area is 210 Å². The van der Waals surface area contributed by atoms with Crippen LogP contribution in [-0.4, -0.2) is 72.5 Å². The van der Waals surface area contributed by atoms with Crippen molar-refractivity contribution in [2.24, 2.45) is 0 Å². The molecule has 2 heterocycles. The lowest BCUT2D eigenvalue weighted by molar-refractivity contribution is -0.118. The highest BCUT2D eigenvalue weighted by molar-refractivity contribution is 7.99. The number of ether oxygens (including phenoxy) is 1. The highest BCUT2D eigenvalue weighted by atomic mass is 32.2. The fraction of sp³-hybridized carbons (Fsp3) is 0.423. The van der Waals surface area contributed by atoms with Gasteiger partial charge in [-0.3, -0.25) is 14.5 Å². The zero-order chi connectivity index (χ0) is 24.6. The molecule has 4 rings (SSSR count). The van der Waals surface area contributed by atoms with Gasteiger partial charge in [-0.05, 0) is 56.3 Å². The summed E-state index contributed by atoms with van der Waals surface area (Å²) in [6.07, 6.45) is 0.899. The van der Waals surface area contributed by atoms with E-state index in [2.05, 4.69) is 32.2 Å². The highest BCUT2D eigenvalue weighted by Crippen LogP contribution is 2.20. The Morgan fingerprint density at radius 2 is 1.83 bits per heavy atom. The average Bonchev–Trinajstić information content (AvgIpc) is 2.90. The first-order chi connectivity index (χ1) is 17.1. The summed E-state index contributed by atoms with van der Waals surface area (Å²) in [4.78, 5) is 34.4. The van der Waals surface area contributed by atoms with Crippen molar-refractivity contribution in [2.45, 2.75) is 24.9 Å². The standard InChI is InChI=1S/C26H33N5O3S/c1-3-31-23-8-5-4-7-22(23)28-25(26(31)33)35-19-24(32)27-13-6-14-29-15-17-30(18-16-29)20-9-11-21(34-2)12-10-20/h4-5,7-12H,3,6,13-19H2,1-2H3,(H,27,32). The number of hydrogen-bond acceptors (Lipinski definition) is 7. The molecule has 186 valence electrons. The summed E-state index contributed by atoms with van der Waals surface area (Å²) in [5.74, 6) is 0.987. The van der Waals surface area contributed by atoms with Crippen LogP contribution in [0.25, 0.3) is 11.0 Å². The zero-order valence-electron chi connectivity index (χ0n) is 20.4. The molecule has 0 unspecified atom stereocenters. The summed E-state index contributed by atoms with van der Waals surface area (Å²) < 4.78 is 6.94. The van der Waals surface area contributed by atoms with Gasteiger partial charge in [-0.1, -0.05) is 23.9 Å². The van der Waals surface area contributed by atoms with Gasteiger partial charge in [0.2, 0.25) is 5.91 Å². The normalized spacial score (nSPS) is 14.3. The van der Waals surface area contributed by atoms with Crippen LogP contribution in [0.1, 0.15) is 13.3 Å². The van der Waals surface area contributed by atoms with E-state index in [0.717, 1.165) is 55.9 Å². The van der Waals surface area contributed by atoms with Crippen molar-refractivity contribution in [1.82, 2.24) is 19.8 Å². The van der Waals surface area contributed by atoms with Crippen molar-refractivity contribution < 1.29 is 9.53 Å². The molecule has 1 aromatic heterocycles. The summed E-state index contributed by atoms with van der Waals surface area (Å²) in [5, 5.41) is 3.35. The summed E-state index contributed by atoms with van der Waals surface area (Å²) in [5.41, 5.74) is 2.67. The number of para-hydroxylation sites is 2. The second kappa shape index (κ2) is 12.1. The minimum absolute atomic E-state index is 0.0725. The number of methoxy groups -OCH3 is 1. The second-order valence-electron chi connectivity index (χ2n) is 8.47. The summed E-state index contributed by atoms with van der Waals surface area (Å²) in [6.45, 7) is 8.08. The van der Waals surface area contributed by atoms with Crippen LogP contribution in [-0.2, 0) is 11.3 Å². The minimum atomic E-state index is -0.141. The maximum atomic E-state index is 12.7. The van der Waals surface area contributed by atoms with Crippen molar-refractivity contribution in [3.05, 3.63) is 58.9 Å². The lowest BCUT2D eigenvalue weighted by atomic mass is 10.2. The molecular formula is C26H33N5O3S. The van der Waals surface area contributed by atoms with E-state index in [0.29, 0.717) is 18.1 Å². The van der Waals surface area contributed by atoms with Crippen LogP contribution >= 0.6 is 11.8 Å². The van der Waals surface area contributed by atoms with E-state index < -0.39 is 0 Å². The third-order valence-corrected chi connectivity index (χ3v) is 7.21. The molecule has 1 N–H and O–H groups in total. The Morgan fingerprint density at radius 3 is 2.54 bits per heavy atom. The number of aromatic nitrogens is 2. The van der Waals surface area contributed by atoms with E-state index in [1.807, 2.05) is 43.3 Å². The number of rotatable bonds is 10. The number of carbonyl (C=O) groups excluding carboxylic acids is 1. The molecule has 8 nitrogen and oxygen atoms in total. The molecule has 1 fully saturated rings. The predicted octanol–water partition coefficient (Wildman–Crippen LogP) is 2.85. The van der Waals surface area contributed by atoms with Gasteiger partial charge in [0, 0.05) is 45.0 Å². The van der Waals surface area contributed by atoms with Crippen LogP contribution in [0.4, 0.5) is 5.69 Å². The second-order valence-corrected chi connectivity index (χ2v) is 9.44. The third kappa shape index (κ3) is 6.35. The molecule has 0 saturated carbocycles. The molecule has 1 aliphatic heterocycles. The Balaban J connectivity index is 1.17. The van der Waals surface area contributed by atoms with Gasteiger partial charge < -0.3 is 19.5 Å². The summed E-state index contributed by atoms with van der Waals surface area (Å²) in [6, 6.07) is 15.8. The van der Waals surface area contributed by atoms with Gasteiger partial charge in [0.1, 0.15) is 5.75 Å². The number of hydrogen-bond donors (Lipinski definition) is 1. The number of anilines is 1. The Morgan fingerprint density at radius 1 is 1.09 bits per heavy atom. The molecule has 0 radical (unpaired) electrons. The zero-order valence-corrected chi connectivity index (χ0v) is 21.2. The van der Waals surface area contributed by atoms with Gasteiger partial charge in [0.15, 0.2) is 5.03 Å². The molecule has 3 aromatic rings. The van der Waals surface area contributed by atoms with Crippen LogP contribution in [0.2, 0.25) is 0 Å². The monoisotopic (exact) mass is 495 g/mol. The number of fused-ring (bicyclic) bond motifs is 1. The van der Waals surface area contributed by atoms with Crippen LogP contribution in [0, 0.1) is 0 Å². The topological polar surface area (TPSA) is 79.7 Å². The van der Waals surface area contributed by atoms with Crippen molar-refractivity contribution in [3.63, 3.8) is 0 Å². The number of nitrogens with zero attached hydrogens (tertiary/aromatic N) is 4. The first-order valence-electron chi connectivity index (χ1n) is 12.1. The maximum Gasteiger partial charge on any atom is 0.283 e. The van der Waals surface area contributed by atoms with Crippen LogP contribution in [0.5, 0.6) is 5.75 Å². The van der Waals surface area contributed by atoms with E-state index in [9.17, 15) is 9.59 Å². The van der Waals surface area contributed by atoms with E-state index in [-0.39, 0.29) is 17.2 Å². The minimum Gasteiger partial charge on any atom is -0.497 e. The van der Waals surface area contributed by atoms with Gasteiger partial charge >= 0.3 is 0 Å². The average molecular weight is 496 g/mol. The number of aryl methyl sites for hydroxylation is 1. The fourth-order valence-electron chi connectivity index (χ4n) is 4.32. The third-order valence-electron chi connectivity index (χ3n) is 6.26. The maximum absolute atomic E-state index is 12.7. The molecule has 0 bridgehead atoms. The Kier molecular flexibility index (Phi) is 8.65. The molecule has 1 aliphatic rings. The lowest BCUT2D eigenvalue weighted by Gasteiger charge is -2.36. The van der Waals surface area contributed by atoms with Crippen molar-refractivity contribution in [3.8, 4) is 5.75 Å². The smallest absolute Gasteiger partial charge is 0.283 e. The number of piperazine rings is 1. The van der Waals surface area contributed by atoms with E-state index in [1.54, 1.807) is 11.7 Å². The van der Waals surface area contributed by atoms with E-state index in [1.165, 1.54) is 17.4 Å². The Bertz CT molecular complexity index is 1190. The summed E-state index contributed by atoms with van der Waals surface area (Å²) in [7, 11) is 1.68. The number of nitrogens with one attached hydrogen (secondary N) is 1. The summed E-state index contributed by atoms with van der Waals surface area (Å²) >= 11 is 1.21. The van der Waals surface area contributed by atoms with E-state index >= 15 is 0 Å². The van der Waals surface area contributed by atoms with Gasteiger partial charge in [-0.25, -0.2) is 4.98 Å². The molecule has 1 saturated heterocycles. The van der Waals surface area contributed by atoms with Crippen molar-refractivity contribution in [1.29, 1.82) is 0 Å². The number of benzene rings is 2. The fourth-order valence-corrected chi connectivity index (χ4v) is 5.08. The highest BCUT2D eigenvalue weighted by Gasteiger charge is 2.17. The number of thioether (sulfide) groups is 1.